The summed E-state index contributed by atoms with van der Waals surface area (Å²) in [6, 6.07) is 5.87. The lowest BCUT2D eigenvalue weighted by Gasteiger charge is -2.25. The molecular weight excluding hydrogens is 290 g/mol. The molecule has 6 nitrogen and oxygen atoms in total. The number of likely N-dealkylation sites (tertiary alicyclic amines) is 1. The summed E-state index contributed by atoms with van der Waals surface area (Å²) in [6.45, 7) is 4.79. The number of fused-ring (bicyclic) bond motifs is 1. The number of aromatic nitrogens is 4. The molecule has 0 saturated carbocycles. The van der Waals surface area contributed by atoms with E-state index in [1.807, 2.05) is 43.1 Å². The molecule has 1 aliphatic heterocycles. The van der Waals surface area contributed by atoms with Gasteiger partial charge in [0.2, 0.25) is 0 Å². The third-order valence-corrected chi connectivity index (χ3v) is 4.69. The Morgan fingerprint density at radius 1 is 1.35 bits per heavy atom. The Bertz CT molecular complexity index is 859. The van der Waals surface area contributed by atoms with Gasteiger partial charge in [0.15, 0.2) is 0 Å². The van der Waals surface area contributed by atoms with E-state index in [-0.39, 0.29) is 11.9 Å². The van der Waals surface area contributed by atoms with E-state index in [0.29, 0.717) is 5.56 Å². The molecule has 1 fully saturated rings. The van der Waals surface area contributed by atoms with Crippen molar-refractivity contribution in [2.24, 2.45) is 0 Å². The van der Waals surface area contributed by atoms with Crippen molar-refractivity contribution >= 4 is 11.4 Å². The highest BCUT2D eigenvalue weighted by Crippen LogP contribution is 2.36. The number of hydrogen-bond acceptors (Lipinski definition) is 3. The van der Waals surface area contributed by atoms with Crippen LogP contribution in [0.25, 0.3) is 5.52 Å². The number of carbonyl (C=O) groups excluding carboxylic acids is 1. The fourth-order valence-corrected chi connectivity index (χ4v) is 3.61. The summed E-state index contributed by atoms with van der Waals surface area (Å²) >= 11 is 0. The molecule has 0 bridgehead atoms. The average molecular weight is 309 g/mol. The van der Waals surface area contributed by atoms with Crippen LogP contribution >= 0.6 is 0 Å². The summed E-state index contributed by atoms with van der Waals surface area (Å²) in [5.74, 6) is 0.0497. The maximum atomic E-state index is 13.1. The molecule has 0 aromatic carbocycles. The van der Waals surface area contributed by atoms with Crippen molar-refractivity contribution in [1.29, 1.82) is 0 Å². The van der Waals surface area contributed by atoms with Gasteiger partial charge >= 0.3 is 0 Å². The number of nitrogens with zero attached hydrogens (tertiary/aromatic N) is 4. The number of rotatable bonds is 2. The molecule has 4 heterocycles. The summed E-state index contributed by atoms with van der Waals surface area (Å²) < 4.78 is 1.74. The van der Waals surface area contributed by atoms with Crippen molar-refractivity contribution < 1.29 is 4.79 Å². The topological polar surface area (TPSA) is 66.3 Å². The second-order valence-electron chi connectivity index (χ2n) is 6.09. The first kappa shape index (κ1) is 14.0. The molecule has 1 saturated heterocycles. The van der Waals surface area contributed by atoms with Gasteiger partial charge in [-0.25, -0.2) is 4.52 Å². The largest absolute Gasteiger partial charge is 0.331 e. The van der Waals surface area contributed by atoms with E-state index in [2.05, 4.69) is 15.3 Å². The van der Waals surface area contributed by atoms with Crippen molar-refractivity contribution in [2.75, 3.05) is 6.54 Å². The van der Waals surface area contributed by atoms with Crippen molar-refractivity contribution in [2.45, 2.75) is 32.7 Å². The Kier molecular flexibility index (Phi) is 3.18. The van der Waals surface area contributed by atoms with E-state index < -0.39 is 0 Å². The lowest BCUT2D eigenvalue weighted by molar-refractivity contribution is 0.0737. The number of hydrogen-bond donors (Lipinski definition) is 1. The molecule has 0 aliphatic carbocycles. The Hall–Kier alpha value is -2.63. The molecule has 23 heavy (non-hydrogen) atoms. The predicted molar refractivity (Wildman–Crippen MR) is 86.3 cm³/mol. The van der Waals surface area contributed by atoms with E-state index in [1.54, 1.807) is 10.7 Å². The Morgan fingerprint density at radius 2 is 2.22 bits per heavy atom. The number of nitrogens with one attached hydrogen (secondary N) is 1. The van der Waals surface area contributed by atoms with E-state index >= 15 is 0 Å². The van der Waals surface area contributed by atoms with Gasteiger partial charge in [0.05, 0.1) is 29.0 Å². The number of amides is 1. The molecule has 0 radical (unpaired) electrons. The van der Waals surface area contributed by atoms with E-state index in [4.69, 9.17) is 0 Å². The molecule has 3 aromatic heterocycles. The number of carbonyl (C=O) groups is 1. The maximum absolute atomic E-state index is 13.1. The van der Waals surface area contributed by atoms with E-state index in [0.717, 1.165) is 41.9 Å². The summed E-state index contributed by atoms with van der Waals surface area (Å²) in [5, 5.41) is 11.6. The zero-order valence-electron chi connectivity index (χ0n) is 13.3. The Morgan fingerprint density at radius 3 is 3.00 bits per heavy atom. The number of H-pyrrole nitrogens is 1. The van der Waals surface area contributed by atoms with Crippen LogP contribution in [0.4, 0.5) is 0 Å². The lowest BCUT2D eigenvalue weighted by Crippen LogP contribution is -2.31. The van der Waals surface area contributed by atoms with Crippen LogP contribution in [-0.2, 0) is 0 Å². The lowest BCUT2D eigenvalue weighted by atomic mass is 10.0. The van der Waals surface area contributed by atoms with E-state index in [9.17, 15) is 4.79 Å². The highest BCUT2D eigenvalue weighted by Gasteiger charge is 2.34. The molecular formula is C17H19N5O. The van der Waals surface area contributed by atoms with Gasteiger partial charge in [0, 0.05) is 24.0 Å². The molecule has 1 atom stereocenters. The van der Waals surface area contributed by atoms with Crippen LogP contribution in [-0.4, -0.2) is 37.2 Å². The smallest absolute Gasteiger partial charge is 0.258 e. The van der Waals surface area contributed by atoms with Gasteiger partial charge in [-0.05, 0) is 38.8 Å². The van der Waals surface area contributed by atoms with Crippen LogP contribution in [0.5, 0.6) is 0 Å². The van der Waals surface area contributed by atoms with Crippen LogP contribution in [0, 0.1) is 13.8 Å². The van der Waals surface area contributed by atoms with Gasteiger partial charge in [0.1, 0.15) is 0 Å². The molecule has 1 unspecified atom stereocenters. The van der Waals surface area contributed by atoms with Gasteiger partial charge in [0.25, 0.3) is 5.91 Å². The predicted octanol–water partition coefficient (Wildman–Crippen LogP) is 2.65. The summed E-state index contributed by atoms with van der Waals surface area (Å²) in [4.78, 5) is 15.1. The molecule has 1 amide bonds. The minimum absolute atomic E-state index is 0.0497. The van der Waals surface area contributed by atoms with Crippen LogP contribution in [0.15, 0.2) is 30.6 Å². The second kappa shape index (κ2) is 5.22. The number of aryl methyl sites for hydroxylation is 2. The van der Waals surface area contributed by atoms with Crippen molar-refractivity contribution in [1.82, 2.24) is 24.7 Å². The molecule has 118 valence electrons. The third kappa shape index (κ3) is 2.13. The van der Waals surface area contributed by atoms with Gasteiger partial charge in [-0.3, -0.25) is 9.89 Å². The van der Waals surface area contributed by atoms with Crippen LogP contribution < -0.4 is 0 Å². The summed E-state index contributed by atoms with van der Waals surface area (Å²) in [7, 11) is 0. The zero-order valence-corrected chi connectivity index (χ0v) is 13.3. The van der Waals surface area contributed by atoms with Crippen molar-refractivity contribution in [3.8, 4) is 0 Å². The van der Waals surface area contributed by atoms with Crippen LogP contribution in [0.3, 0.4) is 0 Å². The van der Waals surface area contributed by atoms with Gasteiger partial charge < -0.3 is 4.90 Å². The standard InChI is InChI=1S/C17H19N5O/c1-11-16(12(2)20-19-11)15-7-5-8-21(15)17(23)13-10-18-22-9-4-3-6-14(13)22/h3-4,6,9-10,15H,5,7-8H2,1-2H3,(H,19,20). The fraction of sp³-hybridized carbons (Fsp3) is 0.353. The highest BCUT2D eigenvalue weighted by molar-refractivity contribution is 6.01. The SMILES string of the molecule is Cc1n[nH]c(C)c1C1CCCN1C(=O)c1cnn2ccccc12. The molecule has 3 aromatic rings. The zero-order chi connectivity index (χ0) is 16.0. The number of aromatic amines is 1. The monoisotopic (exact) mass is 309 g/mol. The van der Waals surface area contributed by atoms with Gasteiger partial charge in [-0.15, -0.1) is 0 Å². The third-order valence-electron chi connectivity index (χ3n) is 4.69. The fourth-order valence-electron chi connectivity index (χ4n) is 3.61. The molecule has 1 N–H and O–H groups in total. The highest BCUT2D eigenvalue weighted by atomic mass is 16.2. The first-order valence-corrected chi connectivity index (χ1v) is 7.91. The minimum Gasteiger partial charge on any atom is -0.331 e. The van der Waals surface area contributed by atoms with Crippen LogP contribution in [0.2, 0.25) is 0 Å². The second-order valence-corrected chi connectivity index (χ2v) is 6.09. The Labute approximate surface area is 134 Å². The Balaban J connectivity index is 1.73. The summed E-state index contributed by atoms with van der Waals surface area (Å²) in [5.41, 5.74) is 4.70. The first-order valence-electron chi connectivity index (χ1n) is 7.91. The minimum atomic E-state index is 0.0497. The molecule has 4 rings (SSSR count). The van der Waals surface area contributed by atoms with Crippen molar-refractivity contribution in [3.63, 3.8) is 0 Å². The maximum Gasteiger partial charge on any atom is 0.258 e. The quantitative estimate of drug-likeness (QED) is 0.791. The number of pyridine rings is 1. The van der Waals surface area contributed by atoms with Gasteiger partial charge in [-0.2, -0.15) is 10.2 Å². The molecule has 1 aliphatic rings. The van der Waals surface area contributed by atoms with E-state index in [1.165, 1.54) is 0 Å². The van der Waals surface area contributed by atoms with Crippen LogP contribution in [0.1, 0.15) is 46.2 Å². The summed E-state index contributed by atoms with van der Waals surface area (Å²) in [6.07, 6.45) is 5.52. The van der Waals surface area contributed by atoms with Crippen molar-refractivity contribution in [3.05, 3.63) is 53.1 Å². The normalized spacial score (nSPS) is 18.0. The van der Waals surface area contributed by atoms with Gasteiger partial charge in [-0.1, -0.05) is 6.07 Å². The molecule has 0 spiro atoms. The molecule has 6 heteroatoms. The average Bonchev–Trinajstić information content (AvgIpc) is 3.25. The first-order chi connectivity index (χ1) is 11.2.